The Hall–Kier alpha value is -0.680. The van der Waals surface area contributed by atoms with Gasteiger partial charge >= 0.3 is 0 Å². The minimum Gasteiger partial charge on any atom is -0.384 e. The van der Waals surface area contributed by atoms with E-state index in [1.807, 2.05) is 6.92 Å². The third kappa shape index (κ3) is 3.65. The summed E-state index contributed by atoms with van der Waals surface area (Å²) in [6.45, 7) is 3.15. The van der Waals surface area contributed by atoms with Gasteiger partial charge in [0.2, 0.25) is 10.0 Å². The first-order valence-electron chi connectivity index (χ1n) is 6.01. The van der Waals surface area contributed by atoms with E-state index in [0.29, 0.717) is 32.5 Å². The first kappa shape index (κ1) is 15.4. The third-order valence-corrected chi connectivity index (χ3v) is 4.93. The summed E-state index contributed by atoms with van der Waals surface area (Å²) in [5.74, 6) is -0.0162. The molecule has 18 heavy (non-hydrogen) atoms. The SMILES string of the molecule is CCOC1(C#N)CCN(S(=O)(=O)CCOC)CC1. The first-order chi connectivity index (χ1) is 8.49. The van der Waals surface area contributed by atoms with Crippen LogP contribution in [0.3, 0.4) is 0 Å². The molecule has 1 aliphatic heterocycles. The molecule has 1 aliphatic rings. The van der Waals surface area contributed by atoms with E-state index < -0.39 is 15.6 Å². The average Bonchev–Trinajstić information content (AvgIpc) is 2.37. The molecule has 6 nitrogen and oxygen atoms in total. The summed E-state index contributed by atoms with van der Waals surface area (Å²) in [5.41, 5.74) is -0.817. The van der Waals surface area contributed by atoms with Gasteiger partial charge in [0, 0.05) is 39.6 Å². The Bertz CT molecular complexity index is 394. The van der Waals surface area contributed by atoms with Gasteiger partial charge in [-0.2, -0.15) is 5.26 Å². The monoisotopic (exact) mass is 276 g/mol. The molecule has 1 rings (SSSR count). The number of nitriles is 1. The van der Waals surface area contributed by atoms with E-state index in [2.05, 4.69) is 6.07 Å². The van der Waals surface area contributed by atoms with Crippen LogP contribution in [-0.4, -0.2) is 57.5 Å². The molecule has 1 saturated heterocycles. The summed E-state index contributed by atoms with van der Waals surface area (Å²) >= 11 is 0. The number of hydrogen-bond donors (Lipinski definition) is 0. The van der Waals surface area contributed by atoms with Crippen molar-refractivity contribution < 1.29 is 17.9 Å². The van der Waals surface area contributed by atoms with Crippen LogP contribution in [0.4, 0.5) is 0 Å². The number of sulfonamides is 1. The third-order valence-electron chi connectivity index (χ3n) is 3.09. The van der Waals surface area contributed by atoms with Gasteiger partial charge in [0.15, 0.2) is 5.60 Å². The molecular weight excluding hydrogens is 256 g/mol. The predicted octanol–water partition coefficient (Wildman–Crippen LogP) is 0.357. The van der Waals surface area contributed by atoms with Gasteiger partial charge in [-0.15, -0.1) is 0 Å². The normalized spacial score (nSPS) is 20.5. The van der Waals surface area contributed by atoms with E-state index >= 15 is 0 Å². The summed E-state index contributed by atoms with van der Waals surface area (Å²) in [7, 11) is -1.80. The van der Waals surface area contributed by atoms with Crippen molar-refractivity contribution in [1.82, 2.24) is 4.31 Å². The first-order valence-corrected chi connectivity index (χ1v) is 7.62. The van der Waals surface area contributed by atoms with Crippen molar-refractivity contribution in [1.29, 1.82) is 5.26 Å². The molecule has 1 heterocycles. The van der Waals surface area contributed by atoms with Gasteiger partial charge in [0.1, 0.15) is 0 Å². The fourth-order valence-electron chi connectivity index (χ4n) is 2.01. The zero-order valence-electron chi connectivity index (χ0n) is 10.9. The Labute approximate surface area is 109 Å². The van der Waals surface area contributed by atoms with Gasteiger partial charge in [-0.1, -0.05) is 0 Å². The molecule has 0 spiro atoms. The fraction of sp³-hybridized carbons (Fsp3) is 0.909. The van der Waals surface area contributed by atoms with E-state index in [-0.39, 0.29) is 12.4 Å². The van der Waals surface area contributed by atoms with Crippen molar-refractivity contribution in [2.75, 3.05) is 39.2 Å². The number of hydrogen-bond acceptors (Lipinski definition) is 5. The highest BCUT2D eigenvalue weighted by molar-refractivity contribution is 7.89. The van der Waals surface area contributed by atoms with Crippen molar-refractivity contribution in [3.8, 4) is 6.07 Å². The molecule has 7 heteroatoms. The highest BCUT2D eigenvalue weighted by Gasteiger charge is 2.38. The highest BCUT2D eigenvalue weighted by Crippen LogP contribution is 2.27. The maximum absolute atomic E-state index is 11.9. The zero-order valence-corrected chi connectivity index (χ0v) is 11.7. The minimum absolute atomic E-state index is 0.0162. The lowest BCUT2D eigenvalue weighted by molar-refractivity contribution is -0.0268. The van der Waals surface area contributed by atoms with Gasteiger partial charge in [0.25, 0.3) is 0 Å². The van der Waals surface area contributed by atoms with Crippen LogP contribution in [0.5, 0.6) is 0 Å². The summed E-state index contributed by atoms with van der Waals surface area (Å²) in [5, 5.41) is 9.14. The van der Waals surface area contributed by atoms with E-state index in [1.54, 1.807) is 0 Å². The average molecular weight is 276 g/mol. The Balaban J connectivity index is 2.61. The van der Waals surface area contributed by atoms with Crippen molar-refractivity contribution in [3.05, 3.63) is 0 Å². The number of ether oxygens (including phenoxy) is 2. The van der Waals surface area contributed by atoms with Crippen LogP contribution in [0.2, 0.25) is 0 Å². The molecular formula is C11H20N2O4S. The lowest BCUT2D eigenvalue weighted by Gasteiger charge is -2.36. The second-order valence-electron chi connectivity index (χ2n) is 4.25. The quantitative estimate of drug-likeness (QED) is 0.699. The molecule has 0 saturated carbocycles. The molecule has 0 aromatic heterocycles. The lowest BCUT2D eigenvalue weighted by Crippen LogP contribution is -2.48. The van der Waals surface area contributed by atoms with E-state index in [0.717, 1.165) is 0 Å². The van der Waals surface area contributed by atoms with Crippen LogP contribution >= 0.6 is 0 Å². The van der Waals surface area contributed by atoms with Crippen LogP contribution in [0.25, 0.3) is 0 Å². The van der Waals surface area contributed by atoms with Gasteiger partial charge in [-0.3, -0.25) is 0 Å². The van der Waals surface area contributed by atoms with Gasteiger partial charge in [-0.05, 0) is 6.92 Å². The molecule has 0 bridgehead atoms. The molecule has 0 aromatic carbocycles. The second-order valence-corrected chi connectivity index (χ2v) is 6.34. The van der Waals surface area contributed by atoms with Crippen molar-refractivity contribution in [2.24, 2.45) is 0 Å². The van der Waals surface area contributed by atoms with E-state index in [4.69, 9.17) is 14.7 Å². The van der Waals surface area contributed by atoms with Crippen LogP contribution in [0, 0.1) is 11.3 Å². The molecule has 0 aliphatic carbocycles. The summed E-state index contributed by atoms with van der Waals surface area (Å²) < 4.78 is 35.5. The van der Waals surface area contributed by atoms with Crippen molar-refractivity contribution in [3.63, 3.8) is 0 Å². The lowest BCUT2D eigenvalue weighted by atomic mass is 9.94. The van der Waals surface area contributed by atoms with Crippen LogP contribution in [0.15, 0.2) is 0 Å². The zero-order chi connectivity index (χ0) is 13.6. The molecule has 0 unspecified atom stereocenters. The largest absolute Gasteiger partial charge is 0.384 e. The fourth-order valence-corrected chi connectivity index (χ4v) is 3.38. The number of piperidine rings is 1. The van der Waals surface area contributed by atoms with Crippen molar-refractivity contribution >= 4 is 10.0 Å². The summed E-state index contributed by atoms with van der Waals surface area (Å²) in [6.07, 6.45) is 0.840. The van der Waals surface area contributed by atoms with E-state index in [1.165, 1.54) is 11.4 Å². The maximum Gasteiger partial charge on any atom is 0.216 e. The standard InChI is InChI=1S/C11H20N2O4S/c1-3-17-11(10-12)4-6-13(7-5-11)18(14,15)9-8-16-2/h3-9H2,1-2H3. The van der Waals surface area contributed by atoms with Crippen LogP contribution in [-0.2, 0) is 19.5 Å². The number of methoxy groups -OCH3 is 1. The summed E-state index contributed by atoms with van der Waals surface area (Å²) in [6, 6.07) is 2.17. The number of nitrogens with zero attached hydrogens (tertiary/aromatic N) is 2. The van der Waals surface area contributed by atoms with Gasteiger partial charge < -0.3 is 9.47 Å². The molecule has 0 radical (unpaired) electrons. The Morgan fingerprint density at radius 2 is 2.00 bits per heavy atom. The molecule has 0 atom stereocenters. The van der Waals surface area contributed by atoms with Gasteiger partial charge in [0.05, 0.1) is 18.4 Å². The minimum atomic E-state index is -3.28. The van der Waals surface area contributed by atoms with Gasteiger partial charge in [-0.25, -0.2) is 12.7 Å². The molecule has 1 fully saturated rings. The van der Waals surface area contributed by atoms with E-state index in [9.17, 15) is 8.42 Å². The molecule has 0 amide bonds. The molecule has 0 aromatic rings. The Kier molecular flexibility index (Phi) is 5.53. The second kappa shape index (κ2) is 6.48. The molecule has 104 valence electrons. The smallest absolute Gasteiger partial charge is 0.216 e. The Morgan fingerprint density at radius 1 is 1.39 bits per heavy atom. The van der Waals surface area contributed by atoms with Crippen LogP contribution < -0.4 is 0 Å². The van der Waals surface area contributed by atoms with Crippen molar-refractivity contribution in [2.45, 2.75) is 25.4 Å². The van der Waals surface area contributed by atoms with Crippen LogP contribution in [0.1, 0.15) is 19.8 Å². The maximum atomic E-state index is 11.9. The summed E-state index contributed by atoms with van der Waals surface area (Å²) in [4.78, 5) is 0. The predicted molar refractivity (Wildman–Crippen MR) is 66.4 cm³/mol. The molecule has 0 N–H and O–H groups in total. The Morgan fingerprint density at radius 3 is 2.44 bits per heavy atom. The topological polar surface area (TPSA) is 79.6 Å². The number of rotatable bonds is 6. The highest BCUT2D eigenvalue weighted by atomic mass is 32.2.